The molecule has 0 spiro atoms. The molecule has 1 saturated carbocycles. The maximum Gasteiger partial charge on any atom is 0.161 e. The molecule has 118 valence electrons. The van der Waals surface area contributed by atoms with Gasteiger partial charge in [-0.15, -0.1) is 0 Å². The van der Waals surface area contributed by atoms with Crippen molar-refractivity contribution in [3.8, 4) is 11.5 Å². The Morgan fingerprint density at radius 2 is 1.86 bits per heavy atom. The molecule has 1 aromatic rings. The van der Waals surface area contributed by atoms with Crippen molar-refractivity contribution in [1.82, 2.24) is 5.32 Å². The zero-order chi connectivity index (χ0) is 15.2. The summed E-state index contributed by atoms with van der Waals surface area (Å²) < 4.78 is 11.4. The number of benzene rings is 1. The van der Waals surface area contributed by atoms with E-state index in [2.05, 4.69) is 31.4 Å². The molecule has 0 bridgehead atoms. The molecule has 1 aliphatic carbocycles. The molecule has 1 N–H and O–H groups in total. The summed E-state index contributed by atoms with van der Waals surface area (Å²) in [5.41, 5.74) is 1.31. The van der Waals surface area contributed by atoms with E-state index in [0.717, 1.165) is 23.3 Å². The lowest BCUT2D eigenvalue weighted by atomic mass is 9.91. The van der Waals surface area contributed by atoms with Gasteiger partial charge in [-0.25, -0.2) is 0 Å². The molecule has 0 heterocycles. The normalized spacial score (nSPS) is 23.0. The monoisotopic (exact) mass is 291 g/mol. The van der Waals surface area contributed by atoms with Crippen LogP contribution in [-0.4, -0.2) is 20.3 Å². The Hall–Kier alpha value is -1.22. The maximum absolute atomic E-state index is 5.76. The van der Waals surface area contributed by atoms with Crippen LogP contribution >= 0.6 is 0 Å². The van der Waals surface area contributed by atoms with Crippen molar-refractivity contribution in [2.45, 2.75) is 46.1 Å². The van der Waals surface area contributed by atoms with Crippen LogP contribution in [0.25, 0.3) is 0 Å². The molecule has 0 amide bonds. The number of nitrogens with one attached hydrogen (secondary N) is 1. The highest BCUT2D eigenvalue weighted by atomic mass is 16.5. The van der Waals surface area contributed by atoms with Crippen molar-refractivity contribution < 1.29 is 9.47 Å². The van der Waals surface area contributed by atoms with Gasteiger partial charge in [0.2, 0.25) is 0 Å². The minimum absolute atomic E-state index is 0.407. The Morgan fingerprint density at radius 3 is 2.43 bits per heavy atom. The summed E-state index contributed by atoms with van der Waals surface area (Å²) in [6, 6.07) is 6.79. The minimum Gasteiger partial charge on any atom is -0.490 e. The summed E-state index contributed by atoms with van der Waals surface area (Å²) in [6.45, 7) is 7.69. The van der Waals surface area contributed by atoms with E-state index in [9.17, 15) is 0 Å². The second-order valence-corrected chi connectivity index (χ2v) is 6.02. The quantitative estimate of drug-likeness (QED) is 0.817. The SMILES string of the molecule is CCOc1ccc(C(NC)C2CCC(C)C2)cc1OCC. The van der Waals surface area contributed by atoms with E-state index < -0.39 is 0 Å². The van der Waals surface area contributed by atoms with Crippen LogP contribution in [0, 0.1) is 11.8 Å². The van der Waals surface area contributed by atoms with Crippen molar-refractivity contribution in [1.29, 1.82) is 0 Å². The molecule has 0 aromatic heterocycles. The van der Waals surface area contributed by atoms with Crippen molar-refractivity contribution in [3.05, 3.63) is 23.8 Å². The first-order valence-corrected chi connectivity index (χ1v) is 8.26. The van der Waals surface area contributed by atoms with Crippen LogP contribution in [0.5, 0.6) is 11.5 Å². The molecule has 1 aliphatic rings. The molecule has 2 rings (SSSR count). The summed E-state index contributed by atoms with van der Waals surface area (Å²) in [5.74, 6) is 3.28. The van der Waals surface area contributed by atoms with E-state index >= 15 is 0 Å². The highest BCUT2D eigenvalue weighted by Gasteiger charge is 2.29. The van der Waals surface area contributed by atoms with Gasteiger partial charge in [-0.2, -0.15) is 0 Å². The Labute approximate surface area is 129 Å². The van der Waals surface area contributed by atoms with Gasteiger partial charge in [0.25, 0.3) is 0 Å². The van der Waals surface area contributed by atoms with Gasteiger partial charge < -0.3 is 14.8 Å². The molecule has 1 aromatic carbocycles. The predicted octanol–water partition coefficient (Wildman–Crippen LogP) is 4.18. The standard InChI is InChI=1S/C18H29NO2/c1-5-20-16-10-9-15(12-17(16)21-6-2)18(19-4)14-8-7-13(3)11-14/h9-10,12-14,18-19H,5-8,11H2,1-4H3. The number of ether oxygens (including phenoxy) is 2. The third-order valence-corrected chi connectivity index (χ3v) is 4.44. The molecule has 21 heavy (non-hydrogen) atoms. The fourth-order valence-corrected chi connectivity index (χ4v) is 3.49. The second kappa shape index (κ2) is 7.69. The fraction of sp³-hybridized carbons (Fsp3) is 0.667. The summed E-state index contributed by atoms with van der Waals surface area (Å²) in [6.07, 6.45) is 3.96. The average molecular weight is 291 g/mol. The average Bonchev–Trinajstić information content (AvgIpc) is 2.89. The fourth-order valence-electron chi connectivity index (χ4n) is 3.49. The molecule has 0 aliphatic heterocycles. The van der Waals surface area contributed by atoms with Crippen LogP contribution in [0.15, 0.2) is 18.2 Å². The number of hydrogen-bond acceptors (Lipinski definition) is 3. The van der Waals surface area contributed by atoms with Crippen molar-refractivity contribution in [3.63, 3.8) is 0 Å². The predicted molar refractivity (Wildman–Crippen MR) is 87.1 cm³/mol. The van der Waals surface area contributed by atoms with Crippen LogP contribution in [0.2, 0.25) is 0 Å². The van der Waals surface area contributed by atoms with Gasteiger partial charge in [-0.1, -0.05) is 19.4 Å². The maximum atomic E-state index is 5.76. The summed E-state index contributed by atoms with van der Waals surface area (Å²) in [4.78, 5) is 0. The smallest absolute Gasteiger partial charge is 0.161 e. The lowest BCUT2D eigenvalue weighted by Gasteiger charge is -2.25. The lowest BCUT2D eigenvalue weighted by Crippen LogP contribution is -2.23. The molecule has 1 fully saturated rings. The third kappa shape index (κ3) is 3.91. The first-order chi connectivity index (χ1) is 10.2. The van der Waals surface area contributed by atoms with E-state index in [-0.39, 0.29) is 0 Å². The zero-order valence-corrected chi connectivity index (χ0v) is 13.8. The van der Waals surface area contributed by atoms with Crippen molar-refractivity contribution in [2.75, 3.05) is 20.3 Å². The highest BCUT2D eigenvalue weighted by molar-refractivity contribution is 5.44. The molecule has 3 heteroatoms. The third-order valence-electron chi connectivity index (χ3n) is 4.44. The highest BCUT2D eigenvalue weighted by Crippen LogP contribution is 2.40. The zero-order valence-electron chi connectivity index (χ0n) is 13.8. The van der Waals surface area contributed by atoms with Crippen molar-refractivity contribution >= 4 is 0 Å². The molecular weight excluding hydrogens is 262 g/mol. The van der Waals surface area contributed by atoms with Gasteiger partial charge in [0.15, 0.2) is 11.5 Å². The molecule has 3 nitrogen and oxygen atoms in total. The van der Waals surface area contributed by atoms with E-state index in [4.69, 9.17) is 9.47 Å². The summed E-state index contributed by atoms with van der Waals surface area (Å²) >= 11 is 0. The van der Waals surface area contributed by atoms with Crippen LogP contribution < -0.4 is 14.8 Å². The summed E-state index contributed by atoms with van der Waals surface area (Å²) in [7, 11) is 2.06. The molecule has 3 unspecified atom stereocenters. The van der Waals surface area contributed by atoms with Gasteiger partial charge in [-0.3, -0.25) is 0 Å². The van der Waals surface area contributed by atoms with Crippen LogP contribution in [-0.2, 0) is 0 Å². The van der Waals surface area contributed by atoms with E-state index in [1.165, 1.54) is 24.8 Å². The Morgan fingerprint density at radius 1 is 1.14 bits per heavy atom. The minimum atomic E-state index is 0.407. The van der Waals surface area contributed by atoms with Crippen LogP contribution in [0.1, 0.15) is 51.6 Å². The summed E-state index contributed by atoms with van der Waals surface area (Å²) in [5, 5.41) is 3.51. The van der Waals surface area contributed by atoms with Gasteiger partial charge in [0.1, 0.15) is 0 Å². The van der Waals surface area contributed by atoms with Crippen LogP contribution in [0.4, 0.5) is 0 Å². The molecule has 3 atom stereocenters. The van der Waals surface area contributed by atoms with Gasteiger partial charge in [-0.05, 0) is 63.3 Å². The number of rotatable bonds is 7. The van der Waals surface area contributed by atoms with Crippen molar-refractivity contribution in [2.24, 2.45) is 11.8 Å². The lowest BCUT2D eigenvalue weighted by molar-refractivity contribution is 0.286. The topological polar surface area (TPSA) is 30.5 Å². The van der Waals surface area contributed by atoms with E-state index in [0.29, 0.717) is 19.3 Å². The van der Waals surface area contributed by atoms with Gasteiger partial charge in [0, 0.05) is 6.04 Å². The molecule has 0 saturated heterocycles. The first-order valence-electron chi connectivity index (χ1n) is 8.26. The number of hydrogen-bond donors (Lipinski definition) is 1. The van der Waals surface area contributed by atoms with E-state index in [1.807, 2.05) is 19.9 Å². The second-order valence-electron chi connectivity index (χ2n) is 6.02. The van der Waals surface area contributed by atoms with E-state index in [1.54, 1.807) is 0 Å². The Kier molecular flexibility index (Phi) is 5.92. The Bertz CT molecular complexity index is 447. The first kappa shape index (κ1) is 16.2. The van der Waals surface area contributed by atoms with Crippen LogP contribution in [0.3, 0.4) is 0 Å². The molecule has 0 radical (unpaired) electrons. The molecular formula is C18H29NO2. The van der Waals surface area contributed by atoms with Gasteiger partial charge >= 0.3 is 0 Å². The largest absolute Gasteiger partial charge is 0.490 e. The Balaban J connectivity index is 2.22. The van der Waals surface area contributed by atoms with Gasteiger partial charge in [0.05, 0.1) is 13.2 Å².